The number of nitrogens with zero attached hydrogens (tertiary/aromatic N) is 2. The van der Waals surface area contributed by atoms with E-state index < -0.39 is 6.10 Å². The lowest BCUT2D eigenvalue weighted by atomic mass is 9.99. The molecule has 0 bridgehead atoms. The Morgan fingerprint density at radius 1 is 1.38 bits per heavy atom. The lowest BCUT2D eigenvalue weighted by Gasteiger charge is -2.16. The average Bonchev–Trinajstić information content (AvgIpc) is 2.81. The van der Waals surface area contributed by atoms with Crippen molar-refractivity contribution in [1.82, 2.24) is 9.78 Å². The molecule has 0 aliphatic heterocycles. The highest BCUT2D eigenvalue weighted by Gasteiger charge is 2.19. The molecule has 1 N–H and O–H groups in total. The van der Waals surface area contributed by atoms with E-state index in [1.54, 1.807) is 18.0 Å². The molecule has 1 heterocycles. The van der Waals surface area contributed by atoms with Gasteiger partial charge in [-0.25, -0.2) is 0 Å². The second-order valence-electron chi connectivity index (χ2n) is 5.24. The minimum Gasteiger partial charge on any atom is -0.386 e. The molecule has 1 atom stereocenters. The van der Waals surface area contributed by atoms with Crippen LogP contribution in [0.25, 0.3) is 0 Å². The highest BCUT2D eigenvalue weighted by Crippen LogP contribution is 2.27. The average molecular weight is 309 g/mol. The molecule has 114 valence electrons. The fraction of sp³-hybridized carbons (Fsp3) is 0.438. The molecule has 0 aliphatic rings. The Labute approximate surface area is 130 Å². The van der Waals surface area contributed by atoms with Gasteiger partial charge >= 0.3 is 0 Å². The number of halogens is 1. The summed E-state index contributed by atoms with van der Waals surface area (Å²) in [6.45, 7) is 5.19. The topological polar surface area (TPSA) is 47.3 Å². The van der Waals surface area contributed by atoms with Crippen LogP contribution in [0.4, 0.5) is 0 Å². The molecule has 0 spiro atoms. The molecule has 2 aromatic rings. The third kappa shape index (κ3) is 3.84. The van der Waals surface area contributed by atoms with Gasteiger partial charge in [-0.05, 0) is 25.0 Å². The van der Waals surface area contributed by atoms with E-state index in [-0.39, 0.29) is 0 Å². The maximum atomic E-state index is 10.6. The van der Waals surface area contributed by atoms with Crippen LogP contribution in [-0.4, -0.2) is 28.6 Å². The van der Waals surface area contributed by atoms with Crippen molar-refractivity contribution < 1.29 is 9.84 Å². The third-order valence-corrected chi connectivity index (χ3v) is 3.87. The van der Waals surface area contributed by atoms with Gasteiger partial charge in [-0.2, -0.15) is 5.10 Å². The van der Waals surface area contributed by atoms with Gasteiger partial charge in [0.1, 0.15) is 6.10 Å². The lowest BCUT2D eigenvalue weighted by Crippen LogP contribution is -2.14. The molecule has 0 fully saturated rings. The van der Waals surface area contributed by atoms with Crippen LogP contribution < -0.4 is 0 Å². The van der Waals surface area contributed by atoms with E-state index in [4.69, 9.17) is 16.3 Å². The van der Waals surface area contributed by atoms with Gasteiger partial charge in [0, 0.05) is 13.5 Å². The molecular formula is C16H21ClN2O2. The van der Waals surface area contributed by atoms with Crippen LogP contribution >= 0.6 is 11.6 Å². The van der Waals surface area contributed by atoms with Crippen molar-refractivity contribution in [3.63, 3.8) is 0 Å². The molecule has 0 amide bonds. The maximum Gasteiger partial charge on any atom is 0.101 e. The van der Waals surface area contributed by atoms with Gasteiger partial charge in [0.25, 0.3) is 0 Å². The van der Waals surface area contributed by atoms with Crippen LogP contribution in [0, 0.1) is 13.8 Å². The number of methoxy groups -OCH3 is 1. The molecule has 0 radical (unpaired) electrons. The van der Waals surface area contributed by atoms with Gasteiger partial charge in [0.15, 0.2) is 0 Å². The summed E-state index contributed by atoms with van der Waals surface area (Å²) in [4.78, 5) is 0. The van der Waals surface area contributed by atoms with Gasteiger partial charge in [0.05, 0.1) is 30.1 Å². The van der Waals surface area contributed by atoms with E-state index in [1.807, 2.05) is 13.8 Å². The summed E-state index contributed by atoms with van der Waals surface area (Å²) in [7, 11) is 1.64. The number of rotatable bonds is 6. The number of aliphatic hydroxyl groups excluding tert-OH is 1. The zero-order valence-corrected chi connectivity index (χ0v) is 13.4. The van der Waals surface area contributed by atoms with Crippen LogP contribution in [-0.2, 0) is 17.7 Å². The van der Waals surface area contributed by atoms with Crippen molar-refractivity contribution in [3.8, 4) is 0 Å². The molecular weight excluding hydrogens is 288 g/mol. The molecule has 0 saturated carbocycles. The number of aryl methyl sites for hydroxylation is 2. The molecule has 21 heavy (non-hydrogen) atoms. The van der Waals surface area contributed by atoms with Gasteiger partial charge in [-0.1, -0.05) is 35.4 Å². The summed E-state index contributed by atoms with van der Waals surface area (Å²) in [5, 5.41) is 15.2. The predicted molar refractivity (Wildman–Crippen MR) is 83.7 cm³/mol. The summed E-state index contributed by atoms with van der Waals surface area (Å²) in [6.07, 6.45) is 1.41. The van der Waals surface area contributed by atoms with Crippen molar-refractivity contribution in [3.05, 3.63) is 51.8 Å². The standard InChI is InChI=1S/C16H21ClN2O2/c1-11-4-5-12(2)13(8-11)9-15(20)16-14(17)10-18-19(16)6-7-21-3/h4-5,8,10,15,20H,6-7,9H2,1-3H3. The number of hydrogen-bond donors (Lipinski definition) is 1. The molecule has 2 rings (SSSR count). The first-order valence-electron chi connectivity index (χ1n) is 6.97. The molecule has 0 saturated heterocycles. The fourth-order valence-corrected chi connectivity index (χ4v) is 2.65. The first-order chi connectivity index (χ1) is 10.0. The fourth-order valence-electron chi connectivity index (χ4n) is 2.38. The predicted octanol–water partition coefficient (Wildman–Crippen LogP) is 3.08. The monoisotopic (exact) mass is 308 g/mol. The highest BCUT2D eigenvalue weighted by atomic mass is 35.5. The number of aromatic nitrogens is 2. The Bertz CT molecular complexity index is 610. The largest absolute Gasteiger partial charge is 0.386 e. The SMILES string of the molecule is COCCn1ncc(Cl)c1C(O)Cc1cc(C)ccc1C. The summed E-state index contributed by atoms with van der Waals surface area (Å²) in [6, 6.07) is 6.24. The molecule has 1 unspecified atom stereocenters. The Hall–Kier alpha value is -1.36. The Morgan fingerprint density at radius 2 is 2.14 bits per heavy atom. The van der Waals surface area contributed by atoms with Crippen LogP contribution in [0.1, 0.15) is 28.5 Å². The van der Waals surface area contributed by atoms with E-state index in [2.05, 4.69) is 23.3 Å². The van der Waals surface area contributed by atoms with Crippen molar-refractivity contribution in [1.29, 1.82) is 0 Å². The Morgan fingerprint density at radius 3 is 2.86 bits per heavy atom. The first kappa shape index (κ1) is 16.0. The zero-order chi connectivity index (χ0) is 15.4. The number of aliphatic hydroxyl groups is 1. The van der Waals surface area contributed by atoms with Crippen molar-refractivity contribution >= 4 is 11.6 Å². The van der Waals surface area contributed by atoms with Gasteiger partial charge in [-0.15, -0.1) is 0 Å². The second kappa shape index (κ2) is 7.07. The minimum absolute atomic E-state index is 0.490. The highest BCUT2D eigenvalue weighted by molar-refractivity contribution is 6.31. The zero-order valence-electron chi connectivity index (χ0n) is 12.6. The normalized spacial score (nSPS) is 12.6. The Balaban J connectivity index is 2.21. The van der Waals surface area contributed by atoms with Crippen LogP contribution in [0.3, 0.4) is 0 Å². The maximum absolute atomic E-state index is 10.6. The van der Waals surface area contributed by atoms with Gasteiger partial charge in [0.2, 0.25) is 0 Å². The number of benzene rings is 1. The Kier molecular flexibility index (Phi) is 5.39. The van der Waals surface area contributed by atoms with Gasteiger partial charge < -0.3 is 9.84 Å². The van der Waals surface area contributed by atoms with Crippen molar-refractivity contribution in [2.75, 3.05) is 13.7 Å². The first-order valence-corrected chi connectivity index (χ1v) is 7.35. The minimum atomic E-state index is -0.683. The van der Waals surface area contributed by atoms with E-state index >= 15 is 0 Å². The summed E-state index contributed by atoms with van der Waals surface area (Å²) >= 11 is 6.17. The third-order valence-electron chi connectivity index (χ3n) is 3.57. The van der Waals surface area contributed by atoms with E-state index in [0.717, 1.165) is 5.56 Å². The summed E-state index contributed by atoms with van der Waals surface area (Å²) < 4.78 is 6.77. The molecule has 4 nitrogen and oxygen atoms in total. The van der Waals surface area contributed by atoms with E-state index in [9.17, 15) is 5.11 Å². The smallest absolute Gasteiger partial charge is 0.101 e. The molecule has 1 aromatic heterocycles. The van der Waals surface area contributed by atoms with Crippen LogP contribution in [0.15, 0.2) is 24.4 Å². The van der Waals surface area contributed by atoms with Crippen LogP contribution in [0.2, 0.25) is 5.02 Å². The lowest BCUT2D eigenvalue weighted by molar-refractivity contribution is 0.153. The van der Waals surface area contributed by atoms with Gasteiger partial charge in [-0.3, -0.25) is 4.68 Å². The summed E-state index contributed by atoms with van der Waals surface area (Å²) in [5.74, 6) is 0. The van der Waals surface area contributed by atoms with E-state index in [1.165, 1.54) is 11.1 Å². The second-order valence-corrected chi connectivity index (χ2v) is 5.65. The summed E-state index contributed by atoms with van der Waals surface area (Å²) in [5.41, 5.74) is 4.12. The number of hydrogen-bond acceptors (Lipinski definition) is 3. The number of ether oxygens (including phenoxy) is 1. The van der Waals surface area contributed by atoms with Crippen molar-refractivity contribution in [2.45, 2.75) is 32.9 Å². The molecule has 5 heteroatoms. The molecule has 0 aliphatic carbocycles. The molecule has 1 aromatic carbocycles. The van der Waals surface area contributed by atoms with Crippen molar-refractivity contribution in [2.24, 2.45) is 0 Å². The van der Waals surface area contributed by atoms with Crippen LogP contribution in [0.5, 0.6) is 0 Å². The van der Waals surface area contributed by atoms with E-state index in [0.29, 0.717) is 30.3 Å². The quantitative estimate of drug-likeness (QED) is 0.892.